The zero-order valence-corrected chi connectivity index (χ0v) is 17.4. The first-order valence-corrected chi connectivity index (χ1v) is 9.78. The monoisotopic (exact) mass is 479 g/mol. The third-order valence-electron chi connectivity index (χ3n) is 4.31. The van der Waals surface area contributed by atoms with Gasteiger partial charge in [-0.2, -0.15) is 0 Å². The lowest BCUT2D eigenvalue weighted by Crippen LogP contribution is -2.35. The van der Waals surface area contributed by atoms with Gasteiger partial charge in [-0.1, -0.05) is 0 Å². The van der Waals surface area contributed by atoms with E-state index in [0.29, 0.717) is 6.07 Å². The van der Waals surface area contributed by atoms with Crippen LogP contribution in [0, 0.1) is 23.3 Å². The second-order valence-corrected chi connectivity index (χ2v) is 6.86. The number of ether oxygens (including phenoxy) is 1. The molecule has 0 radical (unpaired) electrons. The summed E-state index contributed by atoms with van der Waals surface area (Å²) in [6.07, 6.45) is 1.03. The Kier molecular flexibility index (Phi) is 7.96. The molecule has 0 aliphatic rings. The standard InChI is InChI=1S/C22H17F4N3O5/c23-12-1-3-14(16(25)7-12)18-9-28-21(34-18)5-6-22(32)33-11-20(31)27-10-19(30)29-13-2-4-15(24)17(26)8-13/h1-4,7-9H,5-6,10-11H2,(H,27,31)(H,29,30). The molecule has 0 aliphatic carbocycles. The summed E-state index contributed by atoms with van der Waals surface area (Å²) in [6, 6.07) is 5.72. The van der Waals surface area contributed by atoms with Crippen LogP contribution in [-0.2, 0) is 25.5 Å². The summed E-state index contributed by atoms with van der Waals surface area (Å²) in [7, 11) is 0. The fraction of sp³-hybridized carbons (Fsp3) is 0.182. The Morgan fingerprint density at radius 2 is 1.74 bits per heavy atom. The smallest absolute Gasteiger partial charge is 0.306 e. The Morgan fingerprint density at radius 1 is 0.941 bits per heavy atom. The number of oxazole rings is 1. The number of carbonyl (C=O) groups excluding carboxylic acids is 3. The molecule has 2 aromatic carbocycles. The van der Waals surface area contributed by atoms with Crippen molar-refractivity contribution in [2.24, 2.45) is 0 Å². The van der Waals surface area contributed by atoms with E-state index in [0.717, 1.165) is 24.3 Å². The predicted molar refractivity (Wildman–Crippen MR) is 109 cm³/mol. The van der Waals surface area contributed by atoms with Gasteiger partial charge in [0.15, 0.2) is 29.9 Å². The van der Waals surface area contributed by atoms with Gasteiger partial charge in [-0.15, -0.1) is 0 Å². The quantitative estimate of drug-likeness (QED) is 0.361. The van der Waals surface area contributed by atoms with Gasteiger partial charge in [0.05, 0.1) is 24.7 Å². The predicted octanol–water partition coefficient (Wildman–Crippen LogP) is 3.13. The summed E-state index contributed by atoms with van der Waals surface area (Å²) >= 11 is 0. The number of halogens is 4. The normalized spacial score (nSPS) is 10.6. The highest BCUT2D eigenvalue weighted by atomic mass is 19.2. The summed E-state index contributed by atoms with van der Waals surface area (Å²) in [5, 5.41) is 4.46. The molecule has 0 fully saturated rings. The SMILES string of the molecule is O=C(COC(=O)CCc1ncc(-c2ccc(F)cc2F)o1)NCC(=O)Nc1ccc(F)c(F)c1. The van der Waals surface area contributed by atoms with E-state index in [1.54, 1.807) is 0 Å². The van der Waals surface area contributed by atoms with Crippen LogP contribution in [0.4, 0.5) is 23.2 Å². The number of hydrogen-bond donors (Lipinski definition) is 2. The van der Waals surface area contributed by atoms with Crippen LogP contribution in [0.5, 0.6) is 0 Å². The first-order chi connectivity index (χ1) is 16.2. The highest BCUT2D eigenvalue weighted by Gasteiger charge is 2.14. The van der Waals surface area contributed by atoms with Crippen molar-refractivity contribution in [3.05, 3.63) is 71.8 Å². The van der Waals surface area contributed by atoms with Gasteiger partial charge in [0.2, 0.25) is 5.91 Å². The van der Waals surface area contributed by atoms with Crippen molar-refractivity contribution in [2.75, 3.05) is 18.5 Å². The average Bonchev–Trinajstić information content (AvgIpc) is 3.26. The van der Waals surface area contributed by atoms with Crippen LogP contribution in [0.2, 0.25) is 0 Å². The summed E-state index contributed by atoms with van der Waals surface area (Å²) in [4.78, 5) is 39.2. The third-order valence-corrected chi connectivity index (χ3v) is 4.31. The molecule has 0 atom stereocenters. The topological polar surface area (TPSA) is 111 Å². The number of nitrogens with one attached hydrogen (secondary N) is 2. The molecule has 12 heteroatoms. The number of benzene rings is 2. The first-order valence-electron chi connectivity index (χ1n) is 9.78. The second kappa shape index (κ2) is 11.1. The summed E-state index contributed by atoms with van der Waals surface area (Å²) in [6.45, 7) is -1.15. The van der Waals surface area contributed by atoms with Gasteiger partial charge in [-0.05, 0) is 24.3 Å². The minimum atomic E-state index is -1.14. The number of amides is 2. The molecular weight excluding hydrogens is 462 g/mol. The molecule has 0 saturated carbocycles. The fourth-order valence-electron chi connectivity index (χ4n) is 2.68. The lowest BCUT2D eigenvalue weighted by Gasteiger charge is -2.08. The van der Waals surface area contributed by atoms with Crippen LogP contribution in [-0.4, -0.2) is 35.9 Å². The molecule has 178 valence electrons. The molecule has 2 amide bonds. The largest absolute Gasteiger partial charge is 0.456 e. The van der Waals surface area contributed by atoms with E-state index in [2.05, 4.69) is 15.6 Å². The lowest BCUT2D eigenvalue weighted by molar-refractivity contribution is -0.148. The maximum atomic E-state index is 13.8. The van der Waals surface area contributed by atoms with E-state index < -0.39 is 54.2 Å². The van der Waals surface area contributed by atoms with E-state index in [1.165, 1.54) is 12.3 Å². The van der Waals surface area contributed by atoms with Crippen LogP contribution < -0.4 is 10.6 Å². The van der Waals surface area contributed by atoms with Gasteiger partial charge in [-0.3, -0.25) is 14.4 Å². The number of aryl methyl sites for hydroxylation is 1. The highest BCUT2D eigenvalue weighted by molar-refractivity contribution is 5.94. The Balaban J connectivity index is 1.37. The molecule has 34 heavy (non-hydrogen) atoms. The zero-order chi connectivity index (χ0) is 24.7. The van der Waals surface area contributed by atoms with Crippen LogP contribution >= 0.6 is 0 Å². The molecule has 0 aliphatic heterocycles. The summed E-state index contributed by atoms with van der Waals surface area (Å²) in [5.41, 5.74) is 0.00873. The first kappa shape index (κ1) is 24.4. The van der Waals surface area contributed by atoms with E-state index in [1.807, 2.05) is 0 Å². The summed E-state index contributed by atoms with van der Waals surface area (Å²) < 4.78 is 62.9. The summed E-state index contributed by atoms with van der Waals surface area (Å²) in [5.74, 6) is -5.84. The highest BCUT2D eigenvalue weighted by Crippen LogP contribution is 2.24. The number of aromatic nitrogens is 1. The third kappa shape index (κ3) is 6.89. The zero-order valence-electron chi connectivity index (χ0n) is 17.4. The van der Waals surface area contributed by atoms with E-state index in [4.69, 9.17) is 9.15 Å². The number of carbonyl (C=O) groups is 3. The van der Waals surface area contributed by atoms with Crippen molar-refractivity contribution in [2.45, 2.75) is 12.8 Å². The molecule has 1 aromatic heterocycles. The van der Waals surface area contributed by atoms with Crippen molar-refractivity contribution < 1.29 is 41.1 Å². The van der Waals surface area contributed by atoms with Crippen molar-refractivity contribution >= 4 is 23.5 Å². The number of nitrogens with zero attached hydrogens (tertiary/aromatic N) is 1. The second-order valence-electron chi connectivity index (χ2n) is 6.86. The van der Waals surface area contributed by atoms with Gasteiger partial charge in [0.1, 0.15) is 11.6 Å². The van der Waals surface area contributed by atoms with Crippen LogP contribution in [0.15, 0.2) is 47.0 Å². The van der Waals surface area contributed by atoms with Gasteiger partial charge < -0.3 is 19.8 Å². The average molecular weight is 479 g/mol. The van der Waals surface area contributed by atoms with E-state index in [-0.39, 0.29) is 35.7 Å². The molecule has 3 rings (SSSR count). The van der Waals surface area contributed by atoms with Crippen LogP contribution in [0.25, 0.3) is 11.3 Å². The van der Waals surface area contributed by atoms with Gasteiger partial charge in [-0.25, -0.2) is 22.5 Å². The van der Waals surface area contributed by atoms with Gasteiger partial charge >= 0.3 is 5.97 Å². The van der Waals surface area contributed by atoms with Gasteiger partial charge in [0, 0.05) is 24.2 Å². The minimum Gasteiger partial charge on any atom is -0.456 e. The molecule has 0 saturated heterocycles. The lowest BCUT2D eigenvalue weighted by atomic mass is 10.2. The van der Waals surface area contributed by atoms with Crippen LogP contribution in [0.3, 0.4) is 0 Å². The molecule has 2 N–H and O–H groups in total. The van der Waals surface area contributed by atoms with Crippen molar-refractivity contribution in [3.63, 3.8) is 0 Å². The number of hydrogen-bond acceptors (Lipinski definition) is 6. The van der Waals surface area contributed by atoms with E-state index in [9.17, 15) is 31.9 Å². The fourth-order valence-corrected chi connectivity index (χ4v) is 2.68. The molecule has 0 spiro atoms. The Morgan fingerprint density at radius 3 is 2.47 bits per heavy atom. The molecule has 0 unspecified atom stereocenters. The maximum Gasteiger partial charge on any atom is 0.306 e. The van der Waals surface area contributed by atoms with Crippen LogP contribution in [0.1, 0.15) is 12.3 Å². The molecule has 8 nitrogen and oxygen atoms in total. The molecule has 0 bridgehead atoms. The van der Waals surface area contributed by atoms with Crippen molar-refractivity contribution in [1.82, 2.24) is 10.3 Å². The van der Waals surface area contributed by atoms with Crippen molar-refractivity contribution in [1.29, 1.82) is 0 Å². The molecule has 1 heterocycles. The minimum absolute atomic E-state index is 0.0000977. The Labute approximate surface area is 189 Å². The molecular formula is C22H17F4N3O5. The van der Waals surface area contributed by atoms with E-state index >= 15 is 0 Å². The number of rotatable bonds is 9. The molecule has 3 aromatic rings. The van der Waals surface area contributed by atoms with Crippen molar-refractivity contribution in [3.8, 4) is 11.3 Å². The number of anilines is 1. The Hall–Kier alpha value is -4.22. The van der Waals surface area contributed by atoms with Gasteiger partial charge in [0.25, 0.3) is 5.91 Å². The maximum absolute atomic E-state index is 13.8. The number of esters is 1. The Bertz CT molecular complexity index is 1220.